The number of fused-ring (bicyclic) bond motifs is 2. The first-order valence-electron chi connectivity index (χ1n) is 7.92. The van der Waals surface area contributed by atoms with Crippen molar-refractivity contribution in [3.8, 4) is 0 Å². The topological polar surface area (TPSA) is 15.3 Å². The number of piperidine rings is 1. The molecule has 1 N–H and O–H groups in total. The highest BCUT2D eigenvalue weighted by molar-refractivity contribution is 5.85. The molecule has 2 unspecified atom stereocenters. The van der Waals surface area contributed by atoms with Crippen molar-refractivity contribution >= 4 is 12.4 Å². The predicted molar refractivity (Wildman–Crippen MR) is 85.5 cm³/mol. The molecule has 2 heterocycles. The molecule has 0 amide bonds. The first-order valence-corrected chi connectivity index (χ1v) is 7.92. The van der Waals surface area contributed by atoms with Crippen LogP contribution >= 0.6 is 12.4 Å². The predicted octanol–water partition coefficient (Wildman–Crippen LogP) is 2.64. The monoisotopic (exact) mass is 292 g/mol. The highest BCUT2D eigenvalue weighted by Crippen LogP contribution is 2.28. The lowest BCUT2D eigenvalue weighted by atomic mass is 9.88. The SMILES string of the molecule is Cl.c1cc2c(cc1CN1CCC3CNCC3C1)CCC2. The van der Waals surface area contributed by atoms with Crippen molar-refractivity contribution in [2.75, 3.05) is 26.2 Å². The Morgan fingerprint density at radius 3 is 2.90 bits per heavy atom. The molecule has 2 fully saturated rings. The average molecular weight is 293 g/mol. The molecular weight excluding hydrogens is 268 g/mol. The molecule has 1 aliphatic carbocycles. The number of likely N-dealkylation sites (tertiary alicyclic amines) is 1. The molecule has 2 saturated heterocycles. The van der Waals surface area contributed by atoms with Crippen molar-refractivity contribution in [2.45, 2.75) is 32.2 Å². The highest BCUT2D eigenvalue weighted by Gasteiger charge is 2.32. The fourth-order valence-corrected chi connectivity index (χ4v) is 4.24. The van der Waals surface area contributed by atoms with Gasteiger partial charge < -0.3 is 5.32 Å². The number of nitrogens with one attached hydrogen (secondary N) is 1. The fourth-order valence-electron chi connectivity index (χ4n) is 4.24. The molecule has 0 bridgehead atoms. The van der Waals surface area contributed by atoms with Crippen LogP contribution in [0.15, 0.2) is 18.2 Å². The second-order valence-corrected chi connectivity index (χ2v) is 6.66. The van der Waals surface area contributed by atoms with Crippen LogP contribution in [0.4, 0.5) is 0 Å². The number of hydrogen-bond acceptors (Lipinski definition) is 2. The van der Waals surface area contributed by atoms with Crippen LogP contribution < -0.4 is 5.32 Å². The van der Waals surface area contributed by atoms with Crippen molar-refractivity contribution in [3.05, 3.63) is 34.9 Å². The number of benzene rings is 1. The molecule has 0 aromatic heterocycles. The van der Waals surface area contributed by atoms with Gasteiger partial charge in [-0.3, -0.25) is 4.90 Å². The summed E-state index contributed by atoms with van der Waals surface area (Å²) >= 11 is 0. The maximum Gasteiger partial charge on any atom is 0.0233 e. The number of halogens is 1. The first-order chi connectivity index (χ1) is 9.38. The molecule has 1 aromatic rings. The van der Waals surface area contributed by atoms with E-state index in [1.165, 1.54) is 57.4 Å². The maximum atomic E-state index is 3.56. The van der Waals surface area contributed by atoms with Gasteiger partial charge in [-0.2, -0.15) is 0 Å². The summed E-state index contributed by atoms with van der Waals surface area (Å²) in [6.07, 6.45) is 5.35. The van der Waals surface area contributed by atoms with E-state index in [1.54, 1.807) is 11.1 Å². The molecule has 0 saturated carbocycles. The number of hydrogen-bond donors (Lipinski definition) is 1. The van der Waals surface area contributed by atoms with Gasteiger partial charge in [0.15, 0.2) is 0 Å². The quantitative estimate of drug-likeness (QED) is 0.901. The number of nitrogens with zero attached hydrogens (tertiary/aromatic N) is 1. The second-order valence-electron chi connectivity index (χ2n) is 6.66. The zero-order valence-corrected chi connectivity index (χ0v) is 12.9. The smallest absolute Gasteiger partial charge is 0.0233 e. The number of aryl methyl sites for hydroxylation is 2. The highest BCUT2D eigenvalue weighted by atomic mass is 35.5. The summed E-state index contributed by atoms with van der Waals surface area (Å²) in [6, 6.07) is 7.21. The van der Waals surface area contributed by atoms with E-state index in [4.69, 9.17) is 0 Å². The van der Waals surface area contributed by atoms with E-state index < -0.39 is 0 Å². The van der Waals surface area contributed by atoms with Crippen LogP contribution in [0.1, 0.15) is 29.5 Å². The molecule has 110 valence electrons. The molecule has 4 rings (SSSR count). The van der Waals surface area contributed by atoms with E-state index in [0.717, 1.165) is 18.4 Å². The lowest BCUT2D eigenvalue weighted by Gasteiger charge is -2.34. The number of rotatable bonds is 2. The minimum atomic E-state index is 0. The lowest BCUT2D eigenvalue weighted by Crippen LogP contribution is -2.39. The van der Waals surface area contributed by atoms with E-state index in [9.17, 15) is 0 Å². The minimum Gasteiger partial charge on any atom is -0.316 e. The van der Waals surface area contributed by atoms with Gasteiger partial charge in [0.1, 0.15) is 0 Å². The summed E-state index contributed by atoms with van der Waals surface area (Å²) in [5, 5.41) is 3.56. The van der Waals surface area contributed by atoms with Crippen molar-refractivity contribution in [1.82, 2.24) is 10.2 Å². The van der Waals surface area contributed by atoms with Crippen molar-refractivity contribution < 1.29 is 0 Å². The lowest BCUT2D eigenvalue weighted by molar-refractivity contribution is 0.142. The first kappa shape index (κ1) is 14.4. The van der Waals surface area contributed by atoms with E-state index in [1.807, 2.05) is 0 Å². The minimum absolute atomic E-state index is 0. The third kappa shape index (κ3) is 2.74. The molecule has 0 radical (unpaired) electrons. The third-order valence-corrected chi connectivity index (χ3v) is 5.36. The average Bonchev–Trinajstić information content (AvgIpc) is 3.05. The van der Waals surface area contributed by atoms with Crippen LogP contribution in [0.5, 0.6) is 0 Å². The molecule has 20 heavy (non-hydrogen) atoms. The maximum absolute atomic E-state index is 3.56. The van der Waals surface area contributed by atoms with Gasteiger partial charge in [0, 0.05) is 13.1 Å². The Labute approximate surface area is 128 Å². The van der Waals surface area contributed by atoms with Gasteiger partial charge in [0.2, 0.25) is 0 Å². The zero-order chi connectivity index (χ0) is 12.7. The molecule has 2 nitrogen and oxygen atoms in total. The van der Waals surface area contributed by atoms with Crippen molar-refractivity contribution in [3.63, 3.8) is 0 Å². The van der Waals surface area contributed by atoms with Gasteiger partial charge in [-0.1, -0.05) is 18.2 Å². The van der Waals surface area contributed by atoms with Gasteiger partial charge in [0.05, 0.1) is 0 Å². The summed E-state index contributed by atoms with van der Waals surface area (Å²) in [7, 11) is 0. The standard InChI is InChI=1S/C17H24N2.ClH/c1-2-14-5-4-13(8-15(14)3-1)11-19-7-6-16-9-18-10-17(16)12-19;/h4-5,8,16-18H,1-3,6-7,9-12H2;1H. The van der Waals surface area contributed by atoms with Crippen LogP contribution in [0.3, 0.4) is 0 Å². The molecule has 0 spiro atoms. The van der Waals surface area contributed by atoms with E-state index >= 15 is 0 Å². The Kier molecular flexibility index (Phi) is 4.34. The Balaban J connectivity index is 0.00000121. The van der Waals surface area contributed by atoms with Crippen LogP contribution in [0, 0.1) is 11.8 Å². The van der Waals surface area contributed by atoms with Crippen LogP contribution in [0.2, 0.25) is 0 Å². The van der Waals surface area contributed by atoms with Gasteiger partial charge >= 0.3 is 0 Å². The van der Waals surface area contributed by atoms with Gasteiger partial charge in [0.25, 0.3) is 0 Å². The van der Waals surface area contributed by atoms with Crippen LogP contribution in [-0.2, 0) is 19.4 Å². The van der Waals surface area contributed by atoms with Crippen molar-refractivity contribution in [1.29, 1.82) is 0 Å². The van der Waals surface area contributed by atoms with Crippen molar-refractivity contribution in [2.24, 2.45) is 11.8 Å². The summed E-state index contributed by atoms with van der Waals surface area (Å²) in [6.45, 7) is 6.26. The van der Waals surface area contributed by atoms with E-state index in [2.05, 4.69) is 28.4 Å². The third-order valence-electron chi connectivity index (χ3n) is 5.36. The van der Waals surface area contributed by atoms with E-state index in [0.29, 0.717) is 0 Å². The Bertz CT molecular complexity index is 474. The van der Waals surface area contributed by atoms with Crippen LogP contribution in [-0.4, -0.2) is 31.1 Å². The largest absolute Gasteiger partial charge is 0.316 e. The molecule has 3 aliphatic rings. The summed E-state index contributed by atoms with van der Waals surface area (Å²) in [5.41, 5.74) is 4.75. The fraction of sp³-hybridized carbons (Fsp3) is 0.647. The molecule has 3 heteroatoms. The van der Waals surface area contributed by atoms with Gasteiger partial charge in [-0.15, -0.1) is 12.4 Å². The Morgan fingerprint density at radius 2 is 1.95 bits per heavy atom. The second kappa shape index (κ2) is 6.05. The zero-order valence-electron chi connectivity index (χ0n) is 12.1. The molecule has 2 atom stereocenters. The Hall–Kier alpha value is -0.570. The Morgan fingerprint density at radius 1 is 1.10 bits per heavy atom. The molecule has 1 aromatic carbocycles. The van der Waals surface area contributed by atoms with Gasteiger partial charge in [-0.25, -0.2) is 0 Å². The normalized spacial score (nSPS) is 28.8. The van der Waals surface area contributed by atoms with Gasteiger partial charge in [-0.05, 0) is 73.8 Å². The molecular formula is C17H25ClN2. The van der Waals surface area contributed by atoms with Crippen LogP contribution in [0.25, 0.3) is 0 Å². The summed E-state index contributed by atoms with van der Waals surface area (Å²) in [4.78, 5) is 2.67. The summed E-state index contributed by atoms with van der Waals surface area (Å²) < 4.78 is 0. The summed E-state index contributed by atoms with van der Waals surface area (Å²) in [5.74, 6) is 1.86. The van der Waals surface area contributed by atoms with E-state index in [-0.39, 0.29) is 12.4 Å². The molecule has 2 aliphatic heterocycles.